The summed E-state index contributed by atoms with van der Waals surface area (Å²) in [6.07, 6.45) is 1.18. The van der Waals surface area contributed by atoms with Gasteiger partial charge < -0.3 is 10.1 Å². The van der Waals surface area contributed by atoms with Crippen molar-refractivity contribution in [3.05, 3.63) is 82.7 Å². The number of nitrogens with zero attached hydrogens (tertiary/aromatic N) is 2. The second kappa shape index (κ2) is 8.26. The van der Waals surface area contributed by atoms with Gasteiger partial charge >= 0.3 is 5.97 Å². The molecule has 7 nitrogen and oxygen atoms in total. The zero-order valence-electron chi connectivity index (χ0n) is 14.9. The second-order valence-corrected chi connectivity index (χ2v) is 5.81. The summed E-state index contributed by atoms with van der Waals surface area (Å²) < 4.78 is 19.6. The molecule has 0 atom stereocenters. The highest BCUT2D eigenvalue weighted by Crippen LogP contribution is 2.18. The molecular formula is C20H16FN3O4. The fourth-order valence-corrected chi connectivity index (χ4v) is 2.59. The zero-order chi connectivity index (χ0) is 20.1. The summed E-state index contributed by atoms with van der Waals surface area (Å²) >= 11 is 0. The minimum Gasteiger partial charge on any atom is -0.465 e. The Morgan fingerprint density at radius 2 is 1.86 bits per heavy atom. The van der Waals surface area contributed by atoms with Crippen LogP contribution in [0.15, 0.2) is 65.7 Å². The van der Waals surface area contributed by atoms with E-state index >= 15 is 0 Å². The number of amides is 1. The van der Waals surface area contributed by atoms with Crippen LogP contribution in [0.1, 0.15) is 10.4 Å². The molecule has 0 aliphatic rings. The van der Waals surface area contributed by atoms with Gasteiger partial charge in [0.25, 0.3) is 5.56 Å². The average molecular weight is 381 g/mol. The van der Waals surface area contributed by atoms with E-state index in [0.717, 1.165) is 10.6 Å². The third kappa shape index (κ3) is 4.12. The van der Waals surface area contributed by atoms with Crippen molar-refractivity contribution in [3.63, 3.8) is 0 Å². The van der Waals surface area contributed by atoms with E-state index in [1.54, 1.807) is 24.3 Å². The number of anilines is 1. The fourth-order valence-electron chi connectivity index (χ4n) is 2.59. The molecule has 8 heteroatoms. The van der Waals surface area contributed by atoms with Crippen LogP contribution in [0.25, 0.3) is 11.3 Å². The fraction of sp³-hybridized carbons (Fsp3) is 0.100. The monoisotopic (exact) mass is 381 g/mol. The van der Waals surface area contributed by atoms with Crippen LogP contribution in [-0.4, -0.2) is 28.5 Å². The van der Waals surface area contributed by atoms with Crippen LogP contribution in [0.2, 0.25) is 0 Å². The summed E-state index contributed by atoms with van der Waals surface area (Å²) in [6, 6.07) is 13.5. The van der Waals surface area contributed by atoms with Crippen LogP contribution < -0.4 is 10.9 Å². The van der Waals surface area contributed by atoms with E-state index in [2.05, 4.69) is 15.0 Å². The topological polar surface area (TPSA) is 90.3 Å². The molecule has 0 unspecified atom stereocenters. The molecule has 0 saturated carbocycles. The van der Waals surface area contributed by atoms with E-state index < -0.39 is 23.3 Å². The van der Waals surface area contributed by atoms with Gasteiger partial charge in [-0.3, -0.25) is 14.2 Å². The Morgan fingerprint density at radius 1 is 1.14 bits per heavy atom. The molecule has 1 N–H and O–H groups in total. The first-order chi connectivity index (χ1) is 13.5. The molecule has 142 valence electrons. The maximum Gasteiger partial charge on any atom is 0.339 e. The number of rotatable bonds is 5. The lowest BCUT2D eigenvalue weighted by atomic mass is 10.1. The molecule has 28 heavy (non-hydrogen) atoms. The number of hydrogen-bond acceptors (Lipinski definition) is 5. The molecule has 1 heterocycles. The van der Waals surface area contributed by atoms with Crippen molar-refractivity contribution < 1.29 is 18.7 Å². The normalized spacial score (nSPS) is 10.4. The first kappa shape index (κ1) is 19.0. The molecule has 1 aromatic heterocycles. The van der Waals surface area contributed by atoms with E-state index in [4.69, 9.17) is 0 Å². The molecule has 0 aliphatic heterocycles. The predicted octanol–water partition coefficient (Wildman–Crippen LogP) is 2.47. The number of hydrogen-bond donors (Lipinski definition) is 1. The summed E-state index contributed by atoms with van der Waals surface area (Å²) in [5, 5.41) is 2.57. The molecule has 0 saturated heterocycles. The van der Waals surface area contributed by atoms with Gasteiger partial charge in [-0.1, -0.05) is 24.3 Å². The Kier molecular flexibility index (Phi) is 5.59. The van der Waals surface area contributed by atoms with E-state index in [-0.39, 0.29) is 29.1 Å². The first-order valence-electron chi connectivity index (χ1n) is 8.28. The van der Waals surface area contributed by atoms with Gasteiger partial charge in [-0.05, 0) is 24.3 Å². The van der Waals surface area contributed by atoms with Crippen molar-refractivity contribution in [2.45, 2.75) is 6.54 Å². The van der Waals surface area contributed by atoms with Gasteiger partial charge in [0, 0.05) is 11.6 Å². The minimum absolute atomic E-state index is 0.177. The largest absolute Gasteiger partial charge is 0.465 e. The Balaban J connectivity index is 1.78. The molecule has 2 aromatic carbocycles. The highest BCUT2D eigenvalue weighted by Gasteiger charge is 2.14. The maximum absolute atomic E-state index is 13.8. The first-order valence-corrected chi connectivity index (χ1v) is 8.28. The van der Waals surface area contributed by atoms with Crippen molar-refractivity contribution in [2.24, 2.45) is 0 Å². The number of benzene rings is 2. The number of methoxy groups -OCH3 is 1. The average Bonchev–Trinajstić information content (AvgIpc) is 2.70. The summed E-state index contributed by atoms with van der Waals surface area (Å²) in [6.45, 7) is -0.321. The van der Waals surface area contributed by atoms with Gasteiger partial charge in [0.1, 0.15) is 12.4 Å². The third-order valence-corrected chi connectivity index (χ3v) is 3.95. The maximum atomic E-state index is 13.8. The Bertz CT molecular complexity index is 1090. The van der Waals surface area contributed by atoms with E-state index in [1.165, 1.54) is 37.7 Å². The van der Waals surface area contributed by atoms with Crippen LogP contribution in [0, 0.1) is 5.82 Å². The summed E-state index contributed by atoms with van der Waals surface area (Å²) in [4.78, 5) is 40.4. The van der Waals surface area contributed by atoms with Gasteiger partial charge in [0.2, 0.25) is 5.91 Å². The highest BCUT2D eigenvalue weighted by atomic mass is 19.1. The Hall–Kier alpha value is -3.81. The summed E-state index contributed by atoms with van der Waals surface area (Å²) in [7, 11) is 1.24. The van der Waals surface area contributed by atoms with Crippen molar-refractivity contribution in [3.8, 4) is 11.3 Å². The van der Waals surface area contributed by atoms with Crippen molar-refractivity contribution in [1.29, 1.82) is 0 Å². The predicted molar refractivity (Wildman–Crippen MR) is 100 cm³/mol. The van der Waals surface area contributed by atoms with Crippen molar-refractivity contribution in [2.75, 3.05) is 12.4 Å². The number of aromatic nitrogens is 2. The van der Waals surface area contributed by atoms with Gasteiger partial charge in [-0.2, -0.15) is 0 Å². The Labute approximate surface area is 159 Å². The van der Waals surface area contributed by atoms with Crippen LogP contribution >= 0.6 is 0 Å². The van der Waals surface area contributed by atoms with Crippen LogP contribution in [0.5, 0.6) is 0 Å². The quantitative estimate of drug-likeness (QED) is 0.686. The smallest absolute Gasteiger partial charge is 0.339 e. The molecule has 0 spiro atoms. The van der Waals surface area contributed by atoms with Crippen molar-refractivity contribution >= 4 is 17.6 Å². The molecule has 3 rings (SSSR count). The standard InChI is InChI=1S/C20H16FN3O4/c1-28-20(27)14-7-3-5-9-16(14)23-18(25)11-24-12-22-17(10-19(24)26)13-6-2-4-8-15(13)21/h2-10,12H,11H2,1H3,(H,23,25). The van der Waals surface area contributed by atoms with Gasteiger partial charge in [-0.25, -0.2) is 14.2 Å². The van der Waals surface area contributed by atoms with Gasteiger partial charge in [0.15, 0.2) is 0 Å². The van der Waals surface area contributed by atoms with E-state index in [9.17, 15) is 18.8 Å². The Morgan fingerprint density at radius 3 is 2.57 bits per heavy atom. The van der Waals surface area contributed by atoms with E-state index in [0.29, 0.717) is 0 Å². The molecule has 0 radical (unpaired) electrons. The zero-order valence-corrected chi connectivity index (χ0v) is 14.9. The highest BCUT2D eigenvalue weighted by molar-refractivity contribution is 6.01. The lowest BCUT2D eigenvalue weighted by Crippen LogP contribution is -2.28. The molecule has 0 bridgehead atoms. The number of ether oxygens (including phenoxy) is 1. The van der Waals surface area contributed by atoms with Crippen LogP contribution in [0.3, 0.4) is 0 Å². The lowest BCUT2D eigenvalue weighted by Gasteiger charge is -2.11. The number of nitrogens with one attached hydrogen (secondary N) is 1. The van der Waals surface area contributed by atoms with Gasteiger partial charge in [0.05, 0.1) is 30.4 Å². The van der Waals surface area contributed by atoms with Crippen LogP contribution in [0.4, 0.5) is 10.1 Å². The van der Waals surface area contributed by atoms with Crippen LogP contribution in [-0.2, 0) is 16.1 Å². The second-order valence-electron chi connectivity index (χ2n) is 5.81. The molecule has 1 amide bonds. The SMILES string of the molecule is COC(=O)c1ccccc1NC(=O)Cn1cnc(-c2ccccc2F)cc1=O. The van der Waals surface area contributed by atoms with Gasteiger partial charge in [-0.15, -0.1) is 0 Å². The summed E-state index contributed by atoms with van der Waals surface area (Å²) in [5.41, 5.74) is 0.325. The lowest BCUT2D eigenvalue weighted by molar-refractivity contribution is -0.116. The van der Waals surface area contributed by atoms with Crippen molar-refractivity contribution in [1.82, 2.24) is 9.55 Å². The minimum atomic E-state index is -0.594. The van der Waals surface area contributed by atoms with E-state index in [1.807, 2.05) is 0 Å². The number of halogens is 1. The number of carbonyl (C=O) groups excluding carboxylic acids is 2. The third-order valence-electron chi connectivity index (χ3n) is 3.95. The number of carbonyl (C=O) groups is 2. The molecule has 0 aliphatic carbocycles. The molecular weight excluding hydrogens is 365 g/mol. The number of esters is 1. The summed E-state index contributed by atoms with van der Waals surface area (Å²) in [5.74, 6) is -1.62. The molecule has 3 aromatic rings. The molecule has 0 fully saturated rings. The number of para-hydroxylation sites is 1.